The standard InChI is InChI=1S/C20H14Br4N4/c21-15-17(23)27(11-13-7-3-1-4-8-13)19(25-15)20-26-16(22)18(24)28(20)12-14-9-5-2-6-10-14/h1-10H,11-12H2. The predicted molar refractivity (Wildman–Crippen MR) is 125 cm³/mol. The highest BCUT2D eigenvalue weighted by Crippen LogP contribution is 2.34. The number of halogens is 4. The molecular formula is C20H14Br4N4. The molecule has 8 heteroatoms. The molecule has 0 saturated heterocycles. The highest BCUT2D eigenvalue weighted by atomic mass is 79.9. The number of rotatable bonds is 5. The quantitative estimate of drug-likeness (QED) is 0.241. The number of nitrogens with zero attached hydrogens (tertiary/aromatic N) is 4. The predicted octanol–water partition coefficient (Wildman–Crippen LogP) is 6.89. The van der Waals surface area contributed by atoms with Crippen LogP contribution in [0.5, 0.6) is 0 Å². The fourth-order valence-electron chi connectivity index (χ4n) is 2.97. The van der Waals surface area contributed by atoms with Crippen LogP contribution in [0, 0.1) is 0 Å². The van der Waals surface area contributed by atoms with Gasteiger partial charge in [-0.3, -0.25) is 0 Å². The van der Waals surface area contributed by atoms with Gasteiger partial charge in [-0.1, -0.05) is 60.7 Å². The highest BCUT2D eigenvalue weighted by Gasteiger charge is 2.23. The molecule has 0 spiro atoms. The van der Waals surface area contributed by atoms with Gasteiger partial charge in [0.2, 0.25) is 0 Å². The Morgan fingerprint density at radius 1 is 0.571 bits per heavy atom. The number of aromatic nitrogens is 4. The van der Waals surface area contributed by atoms with Crippen LogP contribution in [-0.2, 0) is 13.1 Å². The van der Waals surface area contributed by atoms with E-state index >= 15 is 0 Å². The lowest BCUT2D eigenvalue weighted by Gasteiger charge is -2.12. The summed E-state index contributed by atoms with van der Waals surface area (Å²) in [4.78, 5) is 9.48. The van der Waals surface area contributed by atoms with Crippen molar-refractivity contribution >= 4 is 63.7 Å². The van der Waals surface area contributed by atoms with Crippen LogP contribution in [0.3, 0.4) is 0 Å². The Balaban J connectivity index is 1.82. The van der Waals surface area contributed by atoms with Gasteiger partial charge in [0.05, 0.1) is 13.1 Å². The zero-order chi connectivity index (χ0) is 19.7. The Morgan fingerprint density at radius 2 is 0.929 bits per heavy atom. The van der Waals surface area contributed by atoms with Gasteiger partial charge in [-0.2, -0.15) is 0 Å². The summed E-state index contributed by atoms with van der Waals surface area (Å²) in [6.45, 7) is 1.37. The second-order valence-electron chi connectivity index (χ2n) is 6.18. The van der Waals surface area contributed by atoms with Gasteiger partial charge in [-0.25, -0.2) is 9.97 Å². The van der Waals surface area contributed by atoms with Gasteiger partial charge < -0.3 is 9.13 Å². The second-order valence-corrected chi connectivity index (χ2v) is 9.18. The molecule has 0 aliphatic rings. The summed E-state index contributed by atoms with van der Waals surface area (Å²) in [6, 6.07) is 20.6. The monoisotopic (exact) mass is 626 g/mol. The minimum atomic E-state index is 0.683. The van der Waals surface area contributed by atoms with Crippen LogP contribution in [0.2, 0.25) is 0 Å². The van der Waals surface area contributed by atoms with E-state index < -0.39 is 0 Å². The van der Waals surface area contributed by atoms with E-state index in [9.17, 15) is 0 Å². The Labute approximate surface area is 196 Å². The molecular weight excluding hydrogens is 616 g/mol. The van der Waals surface area contributed by atoms with Crippen molar-refractivity contribution in [2.45, 2.75) is 13.1 Å². The third-order valence-corrected chi connectivity index (χ3v) is 8.08. The Hall–Kier alpha value is -1.22. The smallest absolute Gasteiger partial charge is 0.178 e. The second kappa shape index (κ2) is 8.65. The van der Waals surface area contributed by atoms with Crippen LogP contribution in [-0.4, -0.2) is 19.1 Å². The molecule has 0 amide bonds. The summed E-state index contributed by atoms with van der Waals surface area (Å²) in [6.07, 6.45) is 0. The van der Waals surface area contributed by atoms with Gasteiger partial charge in [0.15, 0.2) is 11.6 Å². The molecule has 0 saturated carbocycles. The van der Waals surface area contributed by atoms with Crippen molar-refractivity contribution in [2.24, 2.45) is 0 Å². The van der Waals surface area contributed by atoms with Crippen molar-refractivity contribution in [1.29, 1.82) is 0 Å². The molecule has 0 fully saturated rings. The zero-order valence-corrected chi connectivity index (χ0v) is 20.8. The molecule has 2 heterocycles. The van der Waals surface area contributed by atoms with Crippen molar-refractivity contribution in [3.63, 3.8) is 0 Å². The third-order valence-electron chi connectivity index (χ3n) is 4.30. The largest absolute Gasteiger partial charge is 0.311 e. The van der Waals surface area contributed by atoms with Crippen molar-refractivity contribution < 1.29 is 0 Å². The average Bonchev–Trinajstić information content (AvgIpc) is 3.14. The van der Waals surface area contributed by atoms with Crippen molar-refractivity contribution in [1.82, 2.24) is 19.1 Å². The summed E-state index contributed by atoms with van der Waals surface area (Å²) in [5, 5.41) is 0. The fourth-order valence-corrected chi connectivity index (χ4v) is 4.50. The number of imidazole rings is 2. The summed E-state index contributed by atoms with van der Waals surface area (Å²) in [5.74, 6) is 1.56. The molecule has 4 nitrogen and oxygen atoms in total. The number of hydrogen-bond donors (Lipinski definition) is 0. The molecule has 0 radical (unpaired) electrons. The fraction of sp³-hybridized carbons (Fsp3) is 0.100. The minimum Gasteiger partial charge on any atom is -0.311 e. The van der Waals surface area contributed by atoms with Crippen LogP contribution in [0.4, 0.5) is 0 Å². The zero-order valence-electron chi connectivity index (χ0n) is 14.5. The first-order valence-corrected chi connectivity index (χ1v) is 11.6. The summed E-state index contributed by atoms with van der Waals surface area (Å²) < 4.78 is 7.49. The highest BCUT2D eigenvalue weighted by molar-refractivity contribution is 9.13. The van der Waals surface area contributed by atoms with Gasteiger partial charge in [-0.15, -0.1) is 0 Å². The SMILES string of the molecule is Brc1nc(-c2nc(Br)c(Br)n2Cc2ccccc2)n(Cc2ccccc2)c1Br. The Bertz CT molecular complexity index is 1010. The molecule has 0 bridgehead atoms. The maximum absolute atomic E-state index is 4.74. The van der Waals surface area contributed by atoms with Gasteiger partial charge in [0, 0.05) is 0 Å². The van der Waals surface area contributed by atoms with Gasteiger partial charge in [0.1, 0.15) is 18.4 Å². The summed E-state index contributed by atoms with van der Waals surface area (Å²) in [7, 11) is 0. The first kappa shape index (κ1) is 20.1. The molecule has 142 valence electrons. The van der Waals surface area contributed by atoms with E-state index in [1.165, 1.54) is 11.1 Å². The number of benzene rings is 2. The average molecular weight is 630 g/mol. The molecule has 28 heavy (non-hydrogen) atoms. The van der Waals surface area contributed by atoms with E-state index in [0.29, 0.717) is 13.1 Å². The van der Waals surface area contributed by atoms with E-state index in [4.69, 9.17) is 9.97 Å². The summed E-state index contributed by atoms with van der Waals surface area (Å²) in [5.41, 5.74) is 2.38. The van der Waals surface area contributed by atoms with E-state index in [-0.39, 0.29) is 0 Å². The Kier molecular flexibility index (Phi) is 6.20. The van der Waals surface area contributed by atoms with Gasteiger partial charge >= 0.3 is 0 Å². The molecule has 0 atom stereocenters. The molecule has 4 aromatic rings. The summed E-state index contributed by atoms with van der Waals surface area (Å²) >= 11 is 14.4. The van der Waals surface area contributed by atoms with E-state index in [1.54, 1.807) is 0 Å². The van der Waals surface area contributed by atoms with Crippen LogP contribution >= 0.6 is 63.7 Å². The van der Waals surface area contributed by atoms with Crippen LogP contribution in [0.25, 0.3) is 11.6 Å². The molecule has 2 aromatic carbocycles. The first-order valence-electron chi connectivity index (χ1n) is 8.46. The van der Waals surface area contributed by atoms with E-state index in [0.717, 1.165) is 30.1 Å². The molecule has 0 aliphatic heterocycles. The topological polar surface area (TPSA) is 35.6 Å². The molecule has 0 aliphatic carbocycles. The van der Waals surface area contributed by atoms with E-state index in [1.807, 2.05) is 36.4 Å². The lowest BCUT2D eigenvalue weighted by atomic mass is 10.2. The normalized spacial score (nSPS) is 11.1. The van der Waals surface area contributed by atoms with Gasteiger partial charge in [-0.05, 0) is 74.8 Å². The van der Waals surface area contributed by atoms with Crippen molar-refractivity contribution in [3.05, 3.63) is 90.2 Å². The van der Waals surface area contributed by atoms with E-state index in [2.05, 4.69) is 97.1 Å². The molecule has 0 N–H and O–H groups in total. The van der Waals surface area contributed by atoms with Crippen LogP contribution in [0.1, 0.15) is 11.1 Å². The molecule has 4 rings (SSSR count). The minimum absolute atomic E-state index is 0.683. The first-order chi connectivity index (χ1) is 13.5. The Morgan fingerprint density at radius 3 is 1.29 bits per heavy atom. The maximum atomic E-state index is 4.74. The van der Waals surface area contributed by atoms with Crippen LogP contribution < -0.4 is 0 Å². The lowest BCUT2D eigenvalue weighted by Crippen LogP contribution is -2.08. The maximum Gasteiger partial charge on any atom is 0.178 e. The van der Waals surface area contributed by atoms with Crippen molar-refractivity contribution in [3.8, 4) is 11.6 Å². The van der Waals surface area contributed by atoms with Gasteiger partial charge in [0.25, 0.3) is 0 Å². The molecule has 0 unspecified atom stereocenters. The number of hydrogen-bond acceptors (Lipinski definition) is 2. The van der Waals surface area contributed by atoms with Crippen molar-refractivity contribution in [2.75, 3.05) is 0 Å². The lowest BCUT2D eigenvalue weighted by molar-refractivity contribution is 0.744. The molecule has 2 aromatic heterocycles. The van der Waals surface area contributed by atoms with Crippen LogP contribution in [0.15, 0.2) is 79.1 Å². The third kappa shape index (κ3) is 4.06.